The van der Waals surface area contributed by atoms with Crippen LogP contribution in [0.4, 0.5) is 4.79 Å². The number of benzene rings is 1. The van der Waals surface area contributed by atoms with E-state index in [1.807, 2.05) is 37.3 Å². The van der Waals surface area contributed by atoms with Crippen LogP contribution in [-0.4, -0.2) is 30.7 Å². The molecular formula is C18H23NO3. The van der Waals surface area contributed by atoms with E-state index in [4.69, 9.17) is 9.47 Å². The van der Waals surface area contributed by atoms with Crippen LogP contribution in [0.5, 0.6) is 0 Å². The monoisotopic (exact) mass is 301 g/mol. The molecule has 0 unspecified atom stereocenters. The second-order valence-electron chi connectivity index (χ2n) is 5.19. The van der Waals surface area contributed by atoms with E-state index in [0.29, 0.717) is 32.1 Å². The first kappa shape index (κ1) is 16.1. The van der Waals surface area contributed by atoms with Gasteiger partial charge in [0.15, 0.2) is 0 Å². The molecule has 0 N–H and O–H groups in total. The highest BCUT2D eigenvalue weighted by Gasteiger charge is 2.27. The summed E-state index contributed by atoms with van der Waals surface area (Å²) < 4.78 is 10.9. The lowest BCUT2D eigenvalue weighted by atomic mass is 10.1. The zero-order valence-electron chi connectivity index (χ0n) is 13.3. The minimum absolute atomic E-state index is 0.291. The maximum Gasteiger partial charge on any atom is 0.410 e. The molecule has 2 rings (SSSR count). The van der Waals surface area contributed by atoms with E-state index in [2.05, 4.69) is 13.5 Å². The third-order valence-corrected chi connectivity index (χ3v) is 3.70. The minimum atomic E-state index is -0.297. The number of amides is 1. The van der Waals surface area contributed by atoms with Crippen LogP contribution in [0, 0.1) is 0 Å². The summed E-state index contributed by atoms with van der Waals surface area (Å²) >= 11 is 0. The molecule has 0 radical (unpaired) electrons. The molecule has 1 aliphatic heterocycles. The third-order valence-electron chi connectivity index (χ3n) is 3.70. The molecule has 0 saturated heterocycles. The zero-order chi connectivity index (χ0) is 15.9. The van der Waals surface area contributed by atoms with Crippen molar-refractivity contribution < 1.29 is 14.3 Å². The molecule has 0 spiro atoms. The van der Waals surface area contributed by atoms with Crippen LogP contribution >= 0.6 is 0 Å². The van der Waals surface area contributed by atoms with Crippen molar-refractivity contribution in [2.45, 2.75) is 26.9 Å². The van der Waals surface area contributed by atoms with E-state index in [9.17, 15) is 4.79 Å². The number of rotatable bonds is 6. The molecule has 1 aromatic rings. The van der Waals surface area contributed by atoms with Crippen molar-refractivity contribution in [1.82, 2.24) is 4.90 Å². The molecule has 0 fully saturated rings. The van der Waals surface area contributed by atoms with Crippen molar-refractivity contribution >= 4 is 6.09 Å². The summed E-state index contributed by atoms with van der Waals surface area (Å²) in [4.78, 5) is 13.9. The largest absolute Gasteiger partial charge is 0.494 e. The Labute approximate surface area is 132 Å². The van der Waals surface area contributed by atoms with Gasteiger partial charge in [-0.05, 0) is 24.5 Å². The van der Waals surface area contributed by atoms with Gasteiger partial charge in [-0.15, -0.1) is 0 Å². The number of nitrogens with zero attached hydrogens (tertiary/aromatic N) is 1. The molecule has 4 nitrogen and oxygen atoms in total. The van der Waals surface area contributed by atoms with E-state index < -0.39 is 0 Å². The molecule has 1 aliphatic rings. The van der Waals surface area contributed by atoms with Gasteiger partial charge >= 0.3 is 6.09 Å². The van der Waals surface area contributed by atoms with Gasteiger partial charge in [-0.1, -0.05) is 43.8 Å². The molecule has 22 heavy (non-hydrogen) atoms. The van der Waals surface area contributed by atoms with Gasteiger partial charge in [0.25, 0.3) is 0 Å². The van der Waals surface area contributed by atoms with Gasteiger partial charge in [-0.25, -0.2) is 4.79 Å². The molecule has 4 heteroatoms. The highest BCUT2D eigenvalue weighted by Crippen LogP contribution is 2.26. The molecule has 0 aliphatic carbocycles. The van der Waals surface area contributed by atoms with Gasteiger partial charge in [-0.3, -0.25) is 4.90 Å². The van der Waals surface area contributed by atoms with E-state index in [1.165, 1.54) is 5.57 Å². The summed E-state index contributed by atoms with van der Waals surface area (Å²) in [7, 11) is 0. The number of carbonyl (C=O) groups is 1. The Morgan fingerprint density at radius 3 is 2.55 bits per heavy atom. The van der Waals surface area contributed by atoms with Crippen LogP contribution in [0.3, 0.4) is 0 Å². The average Bonchev–Trinajstić information content (AvgIpc) is 2.98. The van der Waals surface area contributed by atoms with Gasteiger partial charge in [0, 0.05) is 12.1 Å². The summed E-state index contributed by atoms with van der Waals surface area (Å²) in [5, 5.41) is 0. The number of hydrogen-bond acceptors (Lipinski definition) is 3. The highest BCUT2D eigenvalue weighted by atomic mass is 16.6. The van der Waals surface area contributed by atoms with Crippen molar-refractivity contribution in [3.8, 4) is 0 Å². The van der Waals surface area contributed by atoms with Crippen LogP contribution in [0.1, 0.15) is 25.8 Å². The second-order valence-corrected chi connectivity index (χ2v) is 5.19. The summed E-state index contributed by atoms with van der Waals surface area (Å²) in [5.41, 5.74) is 3.20. The molecule has 1 heterocycles. The van der Waals surface area contributed by atoms with Crippen molar-refractivity contribution in [1.29, 1.82) is 0 Å². The summed E-state index contributed by atoms with van der Waals surface area (Å²) in [6, 6.07) is 9.68. The molecule has 1 aromatic carbocycles. The molecule has 0 aromatic heterocycles. The fraction of sp³-hybridized carbons (Fsp3) is 0.389. The van der Waals surface area contributed by atoms with Crippen molar-refractivity contribution in [2.24, 2.45) is 0 Å². The number of ether oxygens (including phenoxy) is 2. The smallest absolute Gasteiger partial charge is 0.410 e. The maximum absolute atomic E-state index is 12.2. The van der Waals surface area contributed by atoms with Crippen molar-refractivity contribution in [3.63, 3.8) is 0 Å². The lowest BCUT2D eigenvalue weighted by Crippen LogP contribution is -2.30. The lowest BCUT2D eigenvalue weighted by Gasteiger charge is -2.17. The Balaban J connectivity index is 1.92. The van der Waals surface area contributed by atoms with E-state index in [1.54, 1.807) is 4.90 Å². The van der Waals surface area contributed by atoms with Gasteiger partial charge < -0.3 is 9.47 Å². The Hall–Kier alpha value is -2.23. The Kier molecular flexibility index (Phi) is 5.64. The zero-order valence-corrected chi connectivity index (χ0v) is 13.3. The van der Waals surface area contributed by atoms with E-state index >= 15 is 0 Å². The van der Waals surface area contributed by atoms with E-state index in [-0.39, 0.29) is 6.09 Å². The predicted octanol–water partition coefficient (Wildman–Crippen LogP) is 3.90. The molecule has 0 bridgehead atoms. The fourth-order valence-corrected chi connectivity index (χ4v) is 2.50. The maximum atomic E-state index is 12.2. The van der Waals surface area contributed by atoms with Gasteiger partial charge in [0.2, 0.25) is 0 Å². The first-order valence-electron chi connectivity index (χ1n) is 7.64. The van der Waals surface area contributed by atoms with E-state index in [0.717, 1.165) is 17.6 Å². The minimum Gasteiger partial charge on any atom is -0.494 e. The molecule has 0 saturated carbocycles. The van der Waals surface area contributed by atoms with Gasteiger partial charge in [-0.2, -0.15) is 0 Å². The SMILES string of the molecule is C=C(OCC)C1=C(CC)CN(C(=O)OCc2ccccc2)C1. The van der Waals surface area contributed by atoms with Crippen LogP contribution in [0.15, 0.2) is 53.8 Å². The van der Waals surface area contributed by atoms with Gasteiger partial charge in [0.1, 0.15) is 12.4 Å². The third kappa shape index (κ3) is 3.91. The Morgan fingerprint density at radius 1 is 1.18 bits per heavy atom. The highest BCUT2D eigenvalue weighted by molar-refractivity contribution is 5.70. The predicted molar refractivity (Wildman–Crippen MR) is 86.3 cm³/mol. The average molecular weight is 301 g/mol. The van der Waals surface area contributed by atoms with Gasteiger partial charge in [0.05, 0.1) is 13.2 Å². The van der Waals surface area contributed by atoms with Crippen LogP contribution in [0.25, 0.3) is 0 Å². The molecule has 1 amide bonds. The van der Waals surface area contributed by atoms with Crippen molar-refractivity contribution in [2.75, 3.05) is 19.7 Å². The molecule has 118 valence electrons. The number of hydrogen-bond donors (Lipinski definition) is 0. The summed E-state index contributed by atoms with van der Waals surface area (Å²) in [6.45, 7) is 9.93. The fourth-order valence-electron chi connectivity index (χ4n) is 2.50. The topological polar surface area (TPSA) is 38.8 Å². The lowest BCUT2D eigenvalue weighted by molar-refractivity contribution is 0.104. The van der Waals surface area contributed by atoms with Crippen molar-refractivity contribution in [3.05, 3.63) is 59.4 Å². The molecular weight excluding hydrogens is 278 g/mol. The quantitative estimate of drug-likeness (QED) is 0.748. The first-order valence-corrected chi connectivity index (χ1v) is 7.64. The molecule has 0 atom stereocenters. The Bertz CT molecular complexity index is 563. The summed E-state index contributed by atoms with van der Waals surface area (Å²) in [5.74, 6) is 0.665. The van der Waals surface area contributed by atoms with Crippen LogP contribution in [0.2, 0.25) is 0 Å². The standard InChI is InChI=1S/C18H23NO3/c1-4-16-11-19(12-17(16)14(3)21-5-2)18(20)22-13-15-9-7-6-8-10-15/h6-10H,3-5,11-13H2,1-2H3. The first-order chi connectivity index (χ1) is 10.7. The van der Waals surface area contributed by atoms with Crippen LogP contribution < -0.4 is 0 Å². The second kappa shape index (κ2) is 7.69. The Morgan fingerprint density at radius 2 is 1.91 bits per heavy atom. The summed E-state index contributed by atoms with van der Waals surface area (Å²) in [6.07, 6.45) is 0.582. The normalized spacial score (nSPS) is 14.2. The van der Waals surface area contributed by atoms with Crippen LogP contribution in [-0.2, 0) is 16.1 Å². The number of carbonyl (C=O) groups excluding carboxylic acids is 1.